The zero-order valence-corrected chi connectivity index (χ0v) is 46.5. The van der Waals surface area contributed by atoms with E-state index >= 15 is 0 Å². The van der Waals surface area contributed by atoms with Crippen LogP contribution in [0.4, 0.5) is 0 Å². The Morgan fingerprint density at radius 1 is 0.273 bits per heavy atom. The highest BCUT2D eigenvalue weighted by molar-refractivity contribution is 5.19. The fourth-order valence-corrected chi connectivity index (χ4v) is 9.59. The molecule has 5 aliphatic heterocycles. The molecule has 3 fully saturated rings. The summed E-state index contributed by atoms with van der Waals surface area (Å²) < 4.78 is 48.0. The Kier molecular flexibility index (Phi) is 30.0. The number of ether oxygens (including phenoxy) is 9. The van der Waals surface area contributed by atoms with Gasteiger partial charge in [0.05, 0.1) is 25.4 Å². The zero-order valence-electron chi connectivity index (χ0n) is 46.5. The second kappa shape index (κ2) is 35.0. The highest BCUT2D eigenvalue weighted by atomic mass is 16.7. The molecule has 2 saturated heterocycles. The van der Waals surface area contributed by atoms with Crippen molar-refractivity contribution in [2.24, 2.45) is 17.8 Å². The van der Waals surface area contributed by atoms with Crippen molar-refractivity contribution in [1.82, 2.24) is 0 Å². The van der Waals surface area contributed by atoms with Gasteiger partial charge in [-0.05, 0) is 12.3 Å². The van der Waals surface area contributed by atoms with Crippen molar-refractivity contribution < 1.29 is 191 Å². The SMILES string of the molecule is OCCC1OC(O)/C(O)=C(/O)C(CCO)OC2OC(CO)C(C(O)C2O)C2CC2/C(O)=C(\O)C(CCO)OC2OC(CO)C(OC(O)/C(O)=C(/O)C(CCO)OC(O)/C(O)=C(\O)C(CCO)OC(O)/C(O)=C(/O)C(CCO)OC(O)/C(O)=C\1O)C(O)C2O. The minimum atomic E-state index is -2.89. The number of hydrogen-bond donors (Lipinski definition) is 29. The lowest BCUT2D eigenvalue weighted by Crippen LogP contribution is -2.61. The van der Waals surface area contributed by atoms with E-state index in [-0.39, 0.29) is 6.42 Å². The van der Waals surface area contributed by atoms with Gasteiger partial charge in [-0.15, -0.1) is 0 Å². The summed E-state index contributed by atoms with van der Waals surface area (Å²) in [5.41, 5.74) is 0. The monoisotopic (exact) mass is 1290 g/mol. The van der Waals surface area contributed by atoms with E-state index in [0.717, 1.165) is 0 Å². The molecule has 6 rings (SSSR count). The summed E-state index contributed by atoms with van der Waals surface area (Å²) in [6.45, 7) is -7.79. The molecule has 0 radical (unpaired) electrons. The van der Waals surface area contributed by atoms with Gasteiger partial charge in [-0.2, -0.15) is 0 Å². The van der Waals surface area contributed by atoms with Gasteiger partial charge in [0.25, 0.3) is 0 Å². The Morgan fingerprint density at radius 3 is 0.830 bits per heavy atom. The Hall–Kier alpha value is -5.00. The molecule has 38 heteroatoms. The molecular weight excluding hydrogens is 1210 g/mol. The van der Waals surface area contributed by atoms with Crippen LogP contribution in [-0.4, -0.2) is 324 Å². The molecule has 23 atom stereocenters. The van der Waals surface area contributed by atoms with E-state index in [1.54, 1.807) is 0 Å². The lowest BCUT2D eigenvalue weighted by atomic mass is 9.84. The van der Waals surface area contributed by atoms with Crippen molar-refractivity contribution in [3.05, 3.63) is 69.1 Å². The second-order valence-electron chi connectivity index (χ2n) is 20.3. The van der Waals surface area contributed by atoms with E-state index in [0.29, 0.717) is 0 Å². The van der Waals surface area contributed by atoms with E-state index < -0.39 is 302 Å². The number of hydrogen-bond acceptors (Lipinski definition) is 38. The van der Waals surface area contributed by atoms with Crippen LogP contribution >= 0.6 is 0 Å². The number of allylic oxidation sites excluding steroid dienone is 1. The fraction of sp³-hybridized carbons (Fsp3) is 0.760. The average molecular weight is 1290 g/mol. The van der Waals surface area contributed by atoms with E-state index in [1.807, 2.05) is 0 Å². The Balaban J connectivity index is 1.81. The molecule has 88 heavy (non-hydrogen) atoms. The third-order valence-corrected chi connectivity index (χ3v) is 14.4. The molecule has 0 amide bonds. The van der Waals surface area contributed by atoms with Crippen molar-refractivity contribution >= 4 is 0 Å². The van der Waals surface area contributed by atoms with Crippen molar-refractivity contribution in [3.8, 4) is 0 Å². The van der Waals surface area contributed by atoms with Gasteiger partial charge in [0.15, 0.2) is 75.9 Å². The summed E-state index contributed by atoms with van der Waals surface area (Å²) in [6, 6.07) is 0. The van der Waals surface area contributed by atoms with Crippen LogP contribution < -0.4 is 0 Å². The maximum atomic E-state index is 11.4. The maximum Gasteiger partial charge on any atom is 0.218 e. The van der Waals surface area contributed by atoms with Crippen molar-refractivity contribution in [2.45, 2.75) is 168 Å². The topological polar surface area (TPSA) is 670 Å². The molecule has 1 aliphatic carbocycles. The predicted molar refractivity (Wildman–Crippen MR) is 279 cm³/mol. The highest BCUT2D eigenvalue weighted by Crippen LogP contribution is 2.53. The smallest absolute Gasteiger partial charge is 0.218 e. The van der Waals surface area contributed by atoms with Gasteiger partial charge in [-0.3, -0.25) is 0 Å². The fourth-order valence-electron chi connectivity index (χ4n) is 9.59. The molecule has 23 unspecified atom stereocenters. The molecule has 38 nitrogen and oxygen atoms in total. The summed E-state index contributed by atoms with van der Waals surface area (Å²) in [5, 5.41) is 310. The molecule has 0 aromatic heterocycles. The summed E-state index contributed by atoms with van der Waals surface area (Å²) in [6.07, 6.45) is -50.3. The summed E-state index contributed by atoms with van der Waals surface area (Å²) >= 11 is 0. The Labute approximate surface area is 498 Å². The molecule has 5 heterocycles. The molecule has 0 aromatic carbocycles. The van der Waals surface area contributed by atoms with E-state index in [2.05, 4.69) is 0 Å². The lowest BCUT2D eigenvalue weighted by molar-refractivity contribution is -0.329. The van der Waals surface area contributed by atoms with Crippen LogP contribution in [0.5, 0.6) is 0 Å². The quantitative estimate of drug-likeness (QED) is 0.0769. The first-order chi connectivity index (χ1) is 41.5. The largest absolute Gasteiger partial charge is 0.508 e. The molecular formula is C50H82O38. The molecule has 6 aliphatic rings. The molecule has 510 valence electrons. The summed E-state index contributed by atoms with van der Waals surface area (Å²) in [5.74, 6) is -21.2. The zero-order chi connectivity index (χ0) is 66.2. The Morgan fingerprint density at radius 2 is 0.534 bits per heavy atom. The van der Waals surface area contributed by atoms with Crippen LogP contribution in [0.1, 0.15) is 44.9 Å². The lowest BCUT2D eigenvalue weighted by Gasteiger charge is -2.43. The normalized spacial score (nSPS) is 43.5. The minimum Gasteiger partial charge on any atom is -0.508 e. The van der Waals surface area contributed by atoms with Crippen LogP contribution in [-0.2, 0) is 42.6 Å². The van der Waals surface area contributed by atoms with Crippen LogP contribution in [0.25, 0.3) is 0 Å². The summed E-state index contributed by atoms with van der Waals surface area (Å²) in [4.78, 5) is 0. The number of rotatable bonds is 14. The Bertz CT molecular complexity index is 2360. The van der Waals surface area contributed by atoms with Gasteiger partial charge >= 0.3 is 0 Å². The first kappa shape index (κ1) is 75.5. The van der Waals surface area contributed by atoms with E-state index in [1.165, 1.54) is 0 Å². The first-order valence-corrected chi connectivity index (χ1v) is 27.2. The second-order valence-corrected chi connectivity index (χ2v) is 20.3. The van der Waals surface area contributed by atoms with Gasteiger partial charge < -0.3 is 191 Å². The van der Waals surface area contributed by atoms with Crippen molar-refractivity contribution in [3.63, 3.8) is 0 Å². The van der Waals surface area contributed by atoms with Gasteiger partial charge in [0.2, 0.25) is 31.5 Å². The van der Waals surface area contributed by atoms with Gasteiger partial charge in [0, 0.05) is 90.0 Å². The van der Waals surface area contributed by atoms with Gasteiger partial charge in [0.1, 0.15) is 72.9 Å². The number of aliphatic hydroxyl groups is 29. The van der Waals surface area contributed by atoms with E-state index in [9.17, 15) is 148 Å². The van der Waals surface area contributed by atoms with Crippen LogP contribution in [0, 0.1) is 17.8 Å². The predicted octanol–water partition coefficient (Wildman–Crippen LogP) is -6.32. The highest BCUT2D eigenvalue weighted by Gasteiger charge is 2.58. The van der Waals surface area contributed by atoms with E-state index in [4.69, 9.17) is 42.6 Å². The van der Waals surface area contributed by atoms with Gasteiger partial charge in [-0.25, -0.2) is 0 Å². The molecule has 0 spiro atoms. The third kappa shape index (κ3) is 18.6. The standard InChI is InChI=1S/C50H82O38/c51-7-1-18-29(61)36(68)44(75)81-19(2-8-52)30(62)38(70)46(77)83-21(4-10-54)32(64)40(72)48(79)88-43-25(15-58)87-50(42(74)35(43)67)84-22(5-11-55)28(60)27(59)17-13-16(17)26-24(14-57)86-49(41(73)34(26)66)85-23(6-12-56)33(65)39(71)47(78)82-20(3-9-53)31(63)37(69)45(76)80-18/h16-26,34-35,41-79H,1-15H2/b28-27+,36-29-,37-31-,38-30+,39-33-,40-32-. The number of aliphatic hydroxyl groups excluding tert-OH is 29. The molecule has 0 aromatic rings. The molecule has 4 bridgehead atoms. The van der Waals surface area contributed by atoms with Crippen LogP contribution in [0.2, 0.25) is 0 Å². The molecule has 1 saturated carbocycles. The van der Waals surface area contributed by atoms with Crippen LogP contribution in [0.3, 0.4) is 0 Å². The number of fused-ring (bicyclic) bond motifs is 2. The van der Waals surface area contributed by atoms with Crippen LogP contribution in [0.15, 0.2) is 69.1 Å². The first-order valence-electron chi connectivity index (χ1n) is 27.2. The van der Waals surface area contributed by atoms with Gasteiger partial charge in [-0.1, -0.05) is 0 Å². The summed E-state index contributed by atoms with van der Waals surface area (Å²) in [7, 11) is 0. The van der Waals surface area contributed by atoms with Crippen molar-refractivity contribution in [1.29, 1.82) is 0 Å². The third-order valence-electron chi connectivity index (χ3n) is 14.4. The maximum absolute atomic E-state index is 11.4. The average Bonchev–Trinajstić information content (AvgIpc) is 3.07. The molecule has 29 N–H and O–H groups in total. The minimum absolute atomic E-state index is 0.125. The van der Waals surface area contributed by atoms with Crippen molar-refractivity contribution in [2.75, 3.05) is 52.9 Å².